The van der Waals surface area contributed by atoms with Gasteiger partial charge in [0.2, 0.25) is 5.91 Å². The summed E-state index contributed by atoms with van der Waals surface area (Å²) in [5.41, 5.74) is 0.660. The van der Waals surface area contributed by atoms with Crippen molar-refractivity contribution in [3.63, 3.8) is 0 Å². The van der Waals surface area contributed by atoms with Crippen LogP contribution in [-0.2, 0) is 21.4 Å². The van der Waals surface area contributed by atoms with E-state index in [-0.39, 0.29) is 16.7 Å². The third-order valence-electron chi connectivity index (χ3n) is 4.79. The number of hydrogen-bond acceptors (Lipinski definition) is 5. The molecule has 2 aliphatic rings. The van der Waals surface area contributed by atoms with E-state index in [4.69, 9.17) is 0 Å². The Morgan fingerprint density at radius 3 is 2.69 bits per heavy atom. The Hall–Kier alpha value is -2.19. The number of thiophene rings is 1. The first kappa shape index (κ1) is 17.2. The molecule has 1 aromatic heterocycles. The van der Waals surface area contributed by atoms with Crippen molar-refractivity contribution in [3.05, 3.63) is 52.2 Å². The van der Waals surface area contributed by atoms with Crippen molar-refractivity contribution in [1.82, 2.24) is 10.2 Å². The molecular formula is C18H19N3O3S2. The first-order valence-electron chi connectivity index (χ1n) is 8.54. The fourth-order valence-corrected chi connectivity index (χ4v) is 5.27. The number of rotatable bonds is 3. The van der Waals surface area contributed by atoms with Gasteiger partial charge in [0.15, 0.2) is 5.84 Å². The molecule has 26 heavy (non-hydrogen) atoms. The van der Waals surface area contributed by atoms with Crippen LogP contribution in [0.2, 0.25) is 0 Å². The monoisotopic (exact) mass is 389 g/mol. The van der Waals surface area contributed by atoms with E-state index in [1.807, 2.05) is 28.5 Å². The van der Waals surface area contributed by atoms with E-state index < -0.39 is 10.0 Å². The first-order chi connectivity index (χ1) is 12.5. The Labute approximate surface area is 156 Å². The third kappa shape index (κ3) is 3.26. The molecule has 1 fully saturated rings. The molecule has 2 aliphatic heterocycles. The highest BCUT2D eigenvalue weighted by molar-refractivity contribution is 7.90. The lowest BCUT2D eigenvalue weighted by atomic mass is 9.95. The van der Waals surface area contributed by atoms with Crippen LogP contribution in [0.1, 0.15) is 23.3 Å². The molecular weight excluding hydrogens is 370 g/mol. The molecule has 0 spiro atoms. The number of amides is 1. The van der Waals surface area contributed by atoms with Crippen molar-refractivity contribution in [1.29, 1.82) is 0 Å². The van der Waals surface area contributed by atoms with Gasteiger partial charge < -0.3 is 10.2 Å². The summed E-state index contributed by atoms with van der Waals surface area (Å²) in [6.07, 6.45) is 1.38. The Bertz CT molecular complexity index is 944. The van der Waals surface area contributed by atoms with E-state index in [2.05, 4.69) is 9.71 Å². The molecule has 1 N–H and O–H groups in total. The maximum Gasteiger partial charge on any atom is 0.285 e. The molecule has 0 unspecified atom stereocenters. The van der Waals surface area contributed by atoms with Crippen molar-refractivity contribution >= 4 is 33.1 Å². The van der Waals surface area contributed by atoms with E-state index >= 15 is 0 Å². The fourth-order valence-electron chi connectivity index (χ4n) is 3.40. The lowest BCUT2D eigenvalue weighted by molar-refractivity contribution is -0.126. The van der Waals surface area contributed by atoms with Crippen molar-refractivity contribution in [2.75, 3.05) is 13.1 Å². The van der Waals surface area contributed by atoms with Crippen LogP contribution < -0.4 is 5.32 Å². The molecule has 0 aliphatic carbocycles. The quantitative estimate of drug-likeness (QED) is 0.873. The van der Waals surface area contributed by atoms with E-state index in [9.17, 15) is 13.2 Å². The fraction of sp³-hybridized carbons (Fsp3) is 0.333. The number of nitrogens with zero attached hydrogens (tertiary/aromatic N) is 2. The average Bonchev–Trinajstić information content (AvgIpc) is 3.26. The second-order valence-electron chi connectivity index (χ2n) is 6.44. The molecule has 1 amide bonds. The zero-order valence-electron chi connectivity index (χ0n) is 14.1. The lowest BCUT2D eigenvalue weighted by Crippen LogP contribution is -2.42. The van der Waals surface area contributed by atoms with Gasteiger partial charge in [-0.15, -0.1) is 15.7 Å². The highest BCUT2D eigenvalue weighted by atomic mass is 32.2. The molecule has 2 aromatic rings. The van der Waals surface area contributed by atoms with Crippen molar-refractivity contribution in [2.45, 2.75) is 24.3 Å². The van der Waals surface area contributed by atoms with E-state index in [0.717, 1.165) is 4.88 Å². The van der Waals surface area contributed by atoms with E-state index in [1.54, 1.807) is 29.5 Å². The molecule has 1 saturated heterocycles. The maximum absolute atomic E-state index is 12.4. The Balaban J connectivity index is 1.39. The van der Waals surface area contributed by atoms with Crippen molar-refractivity contribution in [2.24, 2.45) is 10.3 Å². The largest absolute Gasteiger partial charge is 0.355 e. The highest BCUT2D eigenvalue weighted by Gasteiger charge is 2.34. The summed E-state index contributed by atoms with van der Waals surface area (Å²) in [7, 11) is -3.60. The predicted octanol–water partition coefficient (Wildman–Crippen LogP) is 2.23. The van der Waals surface area contributed by atoms with Gasteiger partial charge in [-0.1, -0.05) is 18.2 Å². The van der Waals surface area contributed by atoms with Gasteiger partial charge in [-0.3, -0.25) is 4.79 Å². The smallest absolute Gasteiger partial charge is 0.285 e. The standard InChI is InChI=1S/C18H19N3O3S2/c22-18(19-12-14-4-3-11-25-14)13-7-9-21(10-8-13)17-15-5-1-2-6-16(15)26(23,24)20-17/h1-6,11,13H,7-10,12H2,(H,19,22). The minimum absolute atomic E-state index is 0.0416. The Morgan fingerprint density at radius 1 is 1.19 bits per heavy atom. The summed E-state index contributed by atoms with van der Waals surface area (Å²) in [6, 6.07) is 10.9. The number of nitrogens with one attached hydrogen (secondary N) is 1. The molecule has 136 valence electrons. The summed E-state index contributed by atoms with van der Waals surface area (Å²) >= 11 is 1.63. The predicted molar refractivity (Wildman–Crippen MR) is 101 cm³/mol. The zero-order valence-corrected chi connectivity index (χ0v) is 15.7. The molecule has 6 nitrogen and oxygen atoms in total. The molecule has 4 rings (SSSR count). The number of benzene rings is 1. The van der Waals surface area contributed by atoms with Gasteiger partial charge in [-0.2, -0.15) is 8.42 Å². The molecule has 0 atom stereocenters. The van der Waals surface area contributed by atoms with Crippen LogP contribution in [0.15, 0.2) is 51.1 Å². The molecule has 0 radical (unpaired) electrons. The van der Waals surface area contributed by atoms with Gasteiger partial charge in [-0.05, 0) is 36.4 Å². The minimum atomic E-state index is -3.60. The van der Waals surface area contributed by atoms with Gasteiger partial charge in [-0.25, -0.2) is 0 Å². The molecule has 8 heteroatoms. The van der Waals surface area contributed by atoms with Crippen LogP contribution in [0.3, 0.4) is 0 Å². The van der Waals surface area contributed by atoms with Gasteiger partial charge in [0.05, 0.1) is 6.54 Å². The molecule has 0 bridgehead atoms. The molecule has 0 saturated carbocycles. The van der Waals surface area contributed by atoms with E-state index in [1.165, 1.54) is 0 Å². The van der Waals surface area contributed by atoms with Crippen LogP contribution in [0.5, 0.6) is 0 Å². The van der Waals surface area contributed by atoms with Crippen molar-refractivity contribution in [3.8, 4) is 0 Å². The number of piperidine rings is 1. The number of fused-ring (bicyclic) bond motifs is 1. The molecule has 3 heterocycles. The van der Waals surface area contributed by atoms with Gasteiger partial charge in [0.1, 0.15) is 4.90 Å². The summed E-state index contributed by atoms with van der Waals surface area (Å²) in [5, 5.41) is 4.99. The average molecular weight is 390 g/mol. The Kier molecular flexibility index (Phi) is 4.54. The second-order valence-corrected chi connectivity index (χ2v) is 9.05. The number of likely N-dealkylation sites (tertiary alicyclic amines) is 1. The zero-order chi connectivity index (χ0) is 18.1. The highest BCUT2D eigenvalue weighted by Crippen LogP contribution is 2.29. The van der Waals surface area contributed by atoms with Crippen molar-refractivity contribution < 1.29 is 13.2 Å². The van der Waals surface area contributed by atoms with Gasteiger partial charge in [0, 0.05) is 29.4 Å². The second kappa shape index (κ2) is 6.85. The summed E-state index contributed by atoms with van der Waals surface area (Å²) < 4.78 is 28.4. The number of hydrogen-bond donors (Lipinski definition) is 1. The van der Waals surface area contributed by atoms with Crippen LogP contribution in [0, 0.1) is 5.92 Å². The normalized spacial score (nSPS) is 19.1. The number of carbonyl (C=O) groups is 1. The Morgan fingerprint density at radius 2 is 1.96 bits per heavy atom. The maximum atomic E-state index is 12.4. The molecule has 1 aromatic carbocycles. The summed E-state index contributed by atoms with van der Waals surface area (Å²) in [4.78, 5) is 15.8. The van der Waals surface area contributed by atoms with Crippen LogP contribution in [0.25, 0.3) is 0 Å². The van der Waals surface area contributed by atoms with Crippen LogP contribution >= 0.6 is 11.3 Å². The van der Waals surface area contributed by atoms with E-state index in [0.29, 0.717) is 43.9 Å². The minimum Gasteiger partial charge on any atom is -0.355 e. The number of amidine groups is 1. The van der Waals surface area contributed by atoms with Crippen LogP contribution in [0.4, 0.5) is 0 Å². The van der Waals surface area contributed by atoms with Gasteiger partial charge >= 0.3 is 0 Å². The summed E-state index contributed by atoms with van der Waals surface area (Å²) in [6.45, 7) is 1.81. The number of carbonyl (C=O) groups excluding carboxylic acids is 1. The lowest BCUT2D eigenvalue weighted by Gasteiger charge is -2.32. The SMILES string of the molecule is O=C(NCc1cccs1)C1CCN(C2=NS(=O)(=O)c3ccccc32)CC1. The van der Waals surface area contributed by atoms with Gasteiger partial charge in [0.25, 0.3) is 10.0 Å². The summed E-state index contributed by atoms with van der Waals surface area (Å²) in [5.74, 6) is 0.539. The first-order valence-corrected chi connectivity index (χ1v) is 10.9. The van der Waals surface area contributed by atoms with Crippen LogP contribution in [-0.4, -0.2) is 38.2 Å². The number of sulfonamides is 1. The third-order valence-corrected chi connectivity index (χ3v) is 7.00. The topological polar surface area (TPSA) is 78.8 Å².